The molecule has 3 aromatic rings. The minimum Gasteiger partial charge on any atom is -0.545 e. The molecule has 0 aliphatic rings. The Hall–Kier alpha value is -3.19. The van der Waals surface area contributed by atoms with Crippen molar-refractivity contribution in [3.63, 3.8) is 0 Å². The Morgan fingerprint density at radius 3 is 0.742 bits per heavy atom. The molecule has 0 unspecified atom stereocenters. The second kappa shape index (κ2) is 13.9. The van der Waals surface area contributed by atoms with Crippen molar-refractivity contribution in [2.45, 2.75) is 0 Å². The van der Waals surface area contributed by atoms with E-state index in [0.29, 0.717) is 17.1 Å². The molecule has 0 fully saturated rings. The van der Waals surface area contributed by atoms with E-state index in [9.17, 15) is 29.7 Å². The minimum absolute atomic E-state index is 0. The van der Waals surface area contributed by atoms with Crippen LogP contribution in [-0.4, -0.2) is 17.9 Å². The monoisotopic (exact) mass is 560 g/mol. The molecule has 6 N–H and O–H groups in total. The van der Waals surface area contributed by atoms with E-state index < -0.39 is 17.9 Å². The number of anilines is 3. The number of nitrogens with two attached hydrogens (primary N) is 3. The predicted octanol–water partition coefficient (Wildman–Crippen LogP) is -1.10. The van der Waals surface area contributed by atoms with Crippen LogP contribution in [0.25, 0.3) is 0 Å². The molecular weight excluding hydrogens is 541 g/mol. The molecule has 0 spiro atoms. The van der Waals surface area contributed by atoms with Gasteiger partial charge in [-0.1, -0.05) is 36.4 Å². The standard InChI is InChI=1S/3C7H7NO2.Sm/c3*8-6-3-1-5(2-4-6)7(9)10;/h3*1-4H,8H2,(H,9,10);/q;;;+3/p-3. The van der Waals surface area contributed by atoms with Gasteiger partial charge in [0.15, 0.2) is 0 Å². The molecule has 0 aliphatic heterocycles. The molecule has 0 saturated heterocycles. The van der Waals surface area contributed by atoms with Crippen molar-refractivity contribution in [2.24, 2.45) is 0 Å². The van der Waals surface area contributed by atoms with Gasteiger partial charge in [0, 0.05) is 17.1 Å². The van der Waals surface area contributed by atoms with Crippen LogP contribution in [0.5, 0.6) is 0 Å². The summed E-state index contributed by atoms with van der Waals surface area (Å²) in [4.78, 5) is 30.5. The van der Waals surface area contributed by atoms with Gasteiger partial charge in [-0.3, -0.25) is 0 Å². The first kappa shape index (κ1) is 27.8. The second-order valence-electron chi connectivity index (χ2n) is 5.73. The fraction of sp³-hybridized carbons (Fsp3) is 0. The Morgan fingerprint density at radius 1 is 0.452 bits per heavy atom. The van der Waals surface area contributed by atoms with Crippen LogP contribution in [0.4, 0.5) is 17.1 Å². The summed E-state index contributed by atoms with van der Waals surface area (Å²) in [6, 6.07) is 17.6. The van der Waals surface area contributed by atoms with Crippen molar-refractivity contribution in [1.82, 2.24) is 0 Å². The molecule has 0 aromatic heterocycles. The third kappa shape index (κ3) is 11.0. The number of carboxylic acids is 3. The summed E-state index contributed by atoms with van der Waals surface area (Å²) >= 11 is 0. The van der Waals surface area contributed by atoms with Crippen LogP contribution in [0, 0.1) is 40.4 Å². The Morgan fingerprint density at radius 2 is 0.613 bits per heavy atom. The second-order valence-corrected chi connectivity index (χ2v) is 5.73. The average molecular weight is 559 g/mol. The maximum absolute atomic E-state index is 10.2. The van der Waals surface area contributed by atoms with E-state index in [1.165, 1.54) is 72.8 Å². The number of carboxylic acid groups (broad SMARTS) is 3. The molecule has 0 bridgehead atoms. The molecule has 3 aromatic carbocycles. The van der Waals surface area contributed by atoms with E-state index >= 15 is 0 Å². The van der Waals surface area contributed by atoms with Crippen molar-refractivity contribution in [2.75, 3.05) is 17.2 Å². The smallest absolute Gasteiger partial charge is 0.545 e. The first-order chi connectivity index (χ1) is 14.1. The zero-order valence-corrected chi connectivity index (χ0v) is 18.6. The quantitative estimate of drug-likeness (QED) is 0.334. The van der Waals surface area contributed by atoms with Crippen LogP contribution >= 0.6 is 0 Å². The Kier molecular flexibility index (Phi) is 12.5. The van der Waals surface area contributed by atoms with Crippen molar-refractivity contribution < 1.29 is 70.1 Å². The van der Waals surface area contributed by atoms with Gasteiger partial charge in [0.25, 0.3) is 0 Å². The number of rotatable bonds is 3. The third-order valence-electron chi connectivity index (χ3n) is 3.44. The summed E-state index contributed by atoms with van der Waals surface area (Å²) in [5, 5.41) is 30.5. The molecule has 159 valence electrons. The zero-order chi connectivity index (χ0) is 22.7. The predicted molar refractivity (Wildman–Crippen MR) is 106 cm³/mol. The topological polar surface area (TPSA) is 198 Å². The summed E-state index contributed by atoms with van der Waals surface area (Å²) in [6.07, 6.45) is 0. The number of aromatic carboxylic acids is 3. The van der Waals surface area contributed by atoms with Gasteiger partial charge >= 0.3 is 40.4 Å². The third-order valence-corrected chi connectivity index (χ3v) is 3.44. The van der Waals surface area contributed by atoms with Crippen LogP contribution < -0.4 is 32.5 Å². The zero-order valence-electron chi connectivity index (χ0n) is 16.0. The van der Waals surface area contributed by atoms with Crippen molar-refractivity contribution in [1.29, 1.82) is 0 Å². The SMILES string of the molecule is Nc1ccc(C(=O)[O-])cc1.Nc1ccc(C(=O)[O-])cc1.Nc1ccc(C(=O)[O-])cc1.[Sm+3]. The summed E-state index contributed by atoms with van der Waals surface area (Å²) in [5.41, 5.74) is 18.0. The number of hydrogen-bond acceptors (Lipinski definition) is 9. The van der Waals surface area contributed by atoms with Crippen LogP contribution in [0.1, 0.15) is 31.1 Å². The van der Waals surface area contributed by atoms with E-state index in [-0.39, 0.29) is 57.1 Å². The fourth-order valence-corrected chi connectivity index (χ4v) is 1.86. The minimum atomic E-state index is -1.18. The summed E-state index contributed by atoms with van der Waals surface area (Å²) < 4.78 is 0. The van der Waals surface area contributed by atoms with Crippen LogP contribution in [0.15, 0.2) is 72.8 Å². The number of carbonyl (C=O) groups excluding carboxylic acids is 3. The Balaban J connectivity index is 0.000000429. The van der Waals surface area contributed by atoms with Gasteiger partial charge in [-0.2, -0.15) is 0 Å². The van der Waals surface area contributed by atoms with E-state index in [1.54, 1.807) is 0 Å². The molecule has 0 heterocycles. The van der Waals surface area contributed by atoms with E-state index in [1.807, 2.05) is 0 Å². The number of carbonyl (C=O) groups is 3. The molecule has 3 rings (SSSR count). The van der Waals surface area contributed by atoms with Gasteiger partial charge in [-0.05, 0) is 53.1 Å². The fourth-order valence-electron chi connectivity index (χ4n) is 1.86. The molecule has 0 saturated carbocycles. The number of hydrogen-bond donors (Lipinski definition) is 3. The summed E-state index contributed by atoms with van der Waals surface area (Å²) in [7, 11) is 0. The summed E-state index contributed by atoms with van der Waals surface area (Å²) in [6.45, 7) is 0. The Bertz CT molecular complexity index is 859. The van der Waals surface area contributed by atoms with Gasteiger partial charge < -0.3 is 46.9 Å². The van der Waals surface area contributed by atoms with E-state index in [0.717, 1.165) is 0 Å². The first-order valence-electron chi connectivity index (χ1n) is 8.30. The summed E-state index contributed by atoms with van der Waals surface area (Å²) in [5.74, 6) is -3.54. The largest absolute Gasteiger partial charge is 3.00 e. The van der Waals surface area contributed by atoms with Crippen molar-refractivity contribution in [3.05, 3.63) is 89.5 Å². The van der Waals surface area contributed by atoms with Gasteiger partial charge in [-0.25, -0.2) is 0 Å². The molecule has 31 heavy (non-hydrogen) atoms. The first-order valence-corrected chi connectivity index (χ1v) is 8.30. The number of benzene rings is 3. The average Bonchev–Trinajstić information content (AvgIpc) is 2.70. The van der Waals surface area contributed by atoms with Gasteiger partial charge in [-0.15, -0.1) is 0 Å². The van der Waals surface area contributed by atoms with Crippen LogP contribution in [0.3, 0.4) is 0 Å². The van der Waals surface area contributed by atoms with Crippen LogP contribution in [0.2, 0.25) is 0 Å². The Labute approximate surface area is 210 Å². The van der Waals surface area contributed by atoms with Crippen molar-refractivity contribution in [3.8, 4) is 0 Å². The van der Waals surface area contributed by atoms with Gasteiger partial charge in [0.2, 0.25) is 0 Å². The van der Waals surface area contributed by atoms with E-state index in [2.05, 4.69) is 0 Å². The van der Waals surface area contributed by atoms with Crippen LogP contribution in [-0.2, 0) is 0 Å². The maximum atomic E-state index is 10.2. The molecule has 10 heteroatoms. The molecule has 0 aliphatic carbocycles. The van der Waals surface area contributed by atoms with Gasteiger partial charge in [0.05, 0.1) is 17.9 Å². The van der Waals surface area contributed by atoms with Crippen molar-refractivity contribution >= 4 is 35.0 Å². The van der Waals surface area contributed by atoms with E-state index in [4.69, 9.17) is 17.2 Å². The van der Waals surface area contributed by atoms with Gasteiger partial charge in [0.1, 0.15) is 0 Å². The normalized spacial score (nSPS) is 8.90. The maximum Gasteiger partial charge on any atom is 3.00 e. The molecule has 0 amide bonds. The molecule has 0 atom stereocenters. The molecular formula is C21H18N3O6Sm. The number of nitrogen functional groups attached to an aromatic ring is 3. The molecule has 1 radical (unpaired) electrons. The molecule has 9 nitrogen and oxygen atoms in total.